The third-order valence-corrected chi connectivity index (χ3v) is 15.6. The van der Waals surface area contributed by atoms with Crippen molar-refractivity contribution in [3.63, 3.8) is 0 Å². The second kappa shape index (κ2) is 30.5. The normalized spacial score (nSPS) is 35.7. The van der Waals surface area contributed by atoms with Gasteiger partial charge in [0.15, 0.2) is 0 Å². The van der Waals surface area contributed by atoms with E-state index in [1.165, 1.54) is 35.2 Å². The number of nitrogens with zero attached hydrogens (tertiary/aromatic N) is 1. The Labute approximate surface area is 439 Å². The van der Waals surface area contributed by atoms with Gasteiger partial charge in [-0.15, -0.1) is 0 Å². The van der Waals surface area contributed by atoms with Gasteiger partial charge in [-0.1, -0.05) is 77.7 Å². The average Bonchev–Trinajstić information content (AvgIpc) is 3.38. The number of ether oxygens (including phenoxy) is 5. The van der Waals surface area contributed by atoms with Crippen molar-refractivity contribution in [2.24, 2.45) is 40.9 Å². The largest absolute Gasteiger partial charge is 0.460 e. The van der Waals surface area contributed by atoms with Gasteiger partial charge in [0, 0.05) is 59.0 Å². The third-order valence-electron chi connectivity index (χ3n) is 15.6. The number of cyclic esters (lactones) is 1. The number of rotatable bonds is 10. The van der Waals surface area contributed by atoms with Crippen molar-refractivity contribution >= 4 is 35.2 Å². The molecule has 2 heterocycles. The minimum atomic E-state index is -1.49. The van der Waals surface area contributed by atoms with Crippen LogP contribution in [-0.2, 0) is 52.5 Å². The van der Waals surface area contributed by atoms with Crippen LogP contribution in [0.25, 0.3) is 0 Å². The number of piperidine rings is 1. The van der Waals surface area contributed by atoms with Gasteiger partial charge >= 0.3 is 11.9 Å². The summed E-state index contributed by atoms with van der Waals surface area (Å²) in [6, 6.07) is -1.26. The van der Waals surface area contributed by atoms with Crippen molar-refractivity contribution in [1.29, 1.82) is 0 Å². The number of aliphatic hydroxyl groups is 5. The number of allylic oxidation sites excluding steroid dienone is 6. The summed E-state index contributed by atoms with van der Waals surface area (Å²) in [7, 11) is 4.49. The quantitative estimate of drug-likeness (QED) is 0.103. The van der Waals surface area contributed by atoms with Crippen molar-refractivity contribution < 1.29 is 78.0 Å². The van der Waals surface area contributed by atoms with Crippen molar-refractivity contribution in [3.8, 4) is 0 Å². The zero-order valence-corrected chi connectivity index (χ0v) is 45.9. The maximum Gasteiger partial charge on any atom is 0.329 e. The van der Waals surface area contributed by atoms with E-state index in [1.54, 1.807) is 19.9 Å². The van der Waals surface area contributed by atoms with Crippen molar-refractivity contribution in [3.05, 3.63) is 59.8 Å². The Balaban J connectivity index is 2.01. The van der Waals surface area contributed by atoms with Gasteiger partial charge in [-0.05, 0) is 113 Å². The van der Waals surface area contributed by atoms with E-state index in [9.17, 15) is 54.3 Å². The summed E-state index contributed by atoms with van der Waals surface area (Å²) >= 11 is 0. The lowest BCUT2D eigenvalue weighted by molar-refractivity contribution is -0.177. The first kappa shape index (κ1) is 64.1. The van der Waals surface area contributed by atoms with E-state index in [2.05, 4.69) is 13.5 Å². The lowest BCUT2D eigenvalue weighted by Crippen LogP contribution is -2.53. The molecule has 0 aromatic rings. The van der Waals surface area contributed by atoms with Crippen LogP contribution in [0.2, 0.25) is 0 Å². The van der Waals surface area contributed by atoms with Crippen LogP contribution in [0.1, 0.15) is 126 Å². The van der Waals surface area contributed by atoms with Gasteiger partial charge in [0.1, 0.15) is 41.7 Å². The molecule has 418 valence electrons. The monoisotopic (exact) mass is 1040 g/mol. The Morgan fingerprint density at radius 2 is 1.53 bits per heavy atom. The highest BCUT2D eigenvalue weighted by molar-refractivity contribution is 6.63. The molecule has 5 N–H and O–H groups in total. The number of methoxy groups -OCH3 is 3. The third kappa shape index (κ3) is 18.0. The molecule has 2 aliphatic heterocycles. The summed E-state index contributed by atoms with van der Waals surface area (Å²) in [5.41, 5.74) is 0.463. The Bertz CT molecular complexity index is 2020. The Hall–Kier alpha value is -4.20. The minimum Gasteiger partial charge on any atom is -0.460 e. The first-order valence-electron chi connectivity index (χ1n) is 26.4. The Morgan fingerprint density at radius 1 is 0.851 bits per heavy atom. The summed E-state index contributed by atoms with van der Waals surface area (Å²) < 4.78 is 29.2. The molecule has 17 heteroatoms. The predicted octanol–water partition coefficient (Wildman–Crippen LogP) is 5.52. The van der Waals surface area contributed by atoms with Gasteiger partial charge in [0.05, 0.1) is 37.6 Å². The number of carbonyl (C=O) groups excluding carboxylic acids is 6. The number of hydrogen-bond donors (Lipinski definition) is 5. The molecule has 3 rings (SSSR count). The van der Waals surface area contributed by atoms with Gasteiger partial charge < -0.3 is 54.1 Å². The lowest BCUT2D eigenvalue weighted by Gasteiger charge is -2.38. The van der Waals surface area contributed by atoms with Gasteiger partial charge in [0.2, 0.25) is 5.78 Å². The summed E-state index contributed by atoms with van der Waals surface area (Å²) in [6.45, 7) is 17.0. The van der Waals surface area contributed by atoms with Crippen molar-refractivity contribution in [1.82, 2.24) is 4.90 Å². The summed E-state index contributed by atoms with van der Waals surface area (Å²) in [4.78, 5) is 83.8. The maximum absolute atomic E-state index is 14.4. The molecule has 0 aromatic heterocycles. The molecule has 0 aromatic carbocycles. The SMILES string of the molecule is C=C1[C@H](C)C[C@H](C)/C=C/C=C/C=C(\C)[C@@H](OC)CC(O)CC(O)[C@@H](C)C(=O)C(=O)C(=O)N2CCCC[C@H]2C(=O)O[C@H]([C@H](C)C[C@@H]2CC[C@@H](OC(=O)C(C)(CO)CO)[C@H](OC)C2)CC(=O)[C@H](C)/C=C(\C)[C@@H](O)[C@H]1OC. The zero-order valence-electron chi connectivity index (χ0n) is 45.9. The molecule has 0 radical (unpaired) electrons. The number of ketones is 3. The average molecular weight is 1040 g/mol. The molecule has 3 aliphatic rings. The molecule has 0 spiro atoms. The van der Waals surface area contributed by atoms with Crippen LogP contribution in [0, 0.1) is 40.9 Å². The highest BCUT2D eigenvalue weighted by Gasteiger charge is 2.44. The standard InChI is InChI=1S/C57H89NO16/c1-33-18-14-13-15-19-34(2)47(70-10)29-42(61)28-45(63)40(8)51(65)52(66)54(67)58-23-17-16-20-43(58)55(68)73-48(30-44(62)36(4)25-38(6)50(64)53(72-12)39(7)35(3)24-33)37(5)26-41-21-22-46(49(27-41)71-11)74-56(69)57(9,31-59)32-60/h13-15,18-19,25,33,35-37,40-43,45-50,53,59-61,63-64H,7,16-17,20-24,26-32H2,1-6,8-12H3/b15-13+,18-14+,34-19+,38-25+/t33-,35-,36-,37-,40-,41+,42?,43+,45?,46-,47+,48+,49-,50-,53+/m1/s1. The molecule has 1 saturated heterocycles. The van der Waals surface area contributed by atoms with Crippen LogP contribution < -0.4 is 0 Å². The number of carbonyl (C=O) groups is 6. The van der Waals surface area contributed by atoms with Crippen LogP contribution in [0.3, 0.4) is 0 Å². The van der Waals surface area contributed by atoms with E-state index in [1.807, 2.05) is 51.2 Å². The summed E-state index contributed by atoms with van der Waals surface area (Å²) in [6.07, 6.45) is 7.05. The van der Waals surface area contributed by atoms with Gasteiger partial charge in [-0.3, -0.25) is 24.0 Å². The summed E-state index contributed by atoms with van der Waals surface area (Å²) in [5, 5.41) is 53.3. The predicted molar refractivity (Wildman–Crippen MR) is 278 cm³/mol. The molecular weight excluding hydrogens is 955 g/mol. The van der Waals surface area contributed by atoms with Crippen LogP contribution >= 0.6 is 0 Å². The molecule has 0 bridgehead atoms. The van der Waals surface area contributed by atoms with Crippen LogP contribution in [-0.4, -0.2) is 162 Å². The lowest BCUT2D eigenvalue weighted by atomic mass is 9.78. The topological polar surface area (TPSA) is 253 Å². The smallest absolute Gasteiger partial charge is 0.329 e. The van der Waals surface area contributed by atoms with Crippen molar-refractivity contribution in [2.45, 2.75) is 181 Å². The van der Waals surface area contributed by atoms with E-state index in [4.69, 9.17) is 23.7 Å². The molecular formula is C57H89NO16. The molecule has 1 saturated carbocycles. The fourth-order valence-electron chi connectivity index (χ4n) is 10.2. The zero-order chi connectivity index (χ0) is 55.6. The molecule has 1 aliphatic carbocycles. The number of aliphatic hydroxyl groups excluding tert-OH is 5. The molecule has 2 fully saturated rings. The Kier molecular flexibility index (Phi) is 26.4. The number of esters is 2. The maximum atomic E-state index is 14.4. The molecule has 15 atom stereocenters. The fraction of sp³-hybridized carbons (Fsp3) is 0.719. The number of amides is 1. The second-order valence-corrected chi connectivity index (χ2v) is 21.7. The van der Waals surface area contributed by atoms with Gasteiger partial charge in [-0.25, -0.2) is 4.79 Å². The molecule has 17 nitrogen and oxygen atoms in total. The van der Waals surface area contributed by atoms with E-state index < -0.39 is 121 Å². The van der Waals surface area contributed by atoms with E-state index in [0.29, 0.717) is 56.1 Å². The van der Waals surface area contributed by atoms with E-state index in [-0.39, 0.29) is 55.8 Å². The Morgan fingerprint density at radius 3 is 2.15 bits per heavy atom. The first-order valence-corrected chi connectivity index (χ1v) is 26.4. The molecule has 2 unspecified atom stereocenters. The van der Waals surface area contributed by atoms with Gasteiger partial charge in [-0.2, -0.15) is 0 Å². The number of Topliss-reactive ketones (excluding diaryl/α,β-unsaturated/α-hetero) is 3. The van der Waals surface area contributed by atoms with Crippen molar-refractivity contribution in [2.75, 3.05) is 41.1 Å². The number of hydrogen-bond acceptors (Lipinski definition) is 16. The highest BCUT2D eigenvalue weighted by Crippen LogP contribution is 2.36. The van der Waals surface area contributed by atoms with E-state index >= 15 is 0 Å². The highest BCUT2D eigenvalue weighted by atomic mass is 16.6. The van der Waals surface area contributed by atoms with Crippen LogP contribution in [0.15, 0.2) is 59.8 Å². The molecule has 74 heavy (non-hydrogen) atoms. The first-order chi connectivity index (χ1) is 34.9. The second-order valence-electron chi connectivity index (χ2n) is 21.7. The van der Waals surface area contributed by atoms with Crippen LogP contribution in [0.5, 0.6) is 0 Å². The van der Waals surface area contributed by atoms with Crippen LogP contribution in [0.4, 0.5) is 0 Å². The fourth-order valence-corrected chi connectivity index (χ4v) is 10.2. The minimum absolute atomic E-state index is 0.0265. The van der Waals surface area contributed by atoms with E-state index in [0.717, 1.165) is 10.5 Å². The number of fused-ring (bicyclic) bond motifs is 1. The summed E-state index contributed by atoms with van der Waals surface area (Å²) in [5.74, 6) is -8.27. The van der Waals surface area contributed by atoms with Gasteiger partial charge in [0.25, 0.3) is 11.7 Å². The molecule has 1 amide bonds.